The molecule has 2 aliphatic heterocycles. The zero-order chi connectivity index (χ0) is 22.0. The van der Waals surface area contributed by atoms with Gasteiger partial charge in [0.15, 0.2) is 0 Å². The van der Waals surface area contributed by atoms with Crippen LogP contribution in [0, 0.1) is 5.82 Å². The summed E-state index contributed by atoms with van der Waals surface area (Å²) in [5.41, 5.74) is 1.24. The fraction of sp³-hybridized carbons (Fsp3) is 0.286. The quantitative estimate of drug-likeness (QED) is 0.382. The average molecular weight is 445 g/mol. The van der Waals surface area contributed by atoms with E-state index in [1.54, 1.807) is 30.3 Å². The summed E-state index contributed by atoms with van der Waals surface area (Å²) in [6.45, 7) is 2.58. The molecule has 2 aromatic carbocycles. The van der Waals surface area contributed by atoms with E-state index in [1.165, 1.54) is 17.0 Å². The number of hydrogen-bond acceptors (Lipinski definition) is 6. The lowest BCUT2D eigenvalue weighted by atomic mass is 10.1. The second kappa shape index (κ2) is 8.99. The monoisotopic (exact) mass is 445 g/mol. The Bertz CT molecular complexity index is 999. The van der Waals surface area contributed by atoms with Crippen molar-refractivity contribution >= 4 is 37.9 Å². The molecule has 8 nitrogen and oxygen atoms in total. The maximum atomic E-state index is 14.5. The van der Waals surface area contributed by atoms with Crippen LogP contribution in [-0.2, 0) is 9.57 Å². The number of anilines is 2. The number of nitrogens with one attached hydrogen (secondary N) is 1. The van der Waals surface area contributed by atoms with E-state index >= 15 is 0 Å². The highest BCUT2D eigenvalue weighted by molar-refractivity contribution is 7.37. The Morgan fingerprint density at radius 2 is 1.87 bits per heavy atom. The Hall–Kier alpha value is -3.03. The summed E-state index contributed by atoms with van der Waals surface area (Å²) in [5, 5.41) is 3.58. The van der Waals surface area contributed by atoms with Gasteiger partial charge in [0, 0.05) is 12.7 Å². The Labute approximate surface area is 180 Å². The first-order chi connectivity index (χ1) is 15.0. The van der Waals surface area contributed by atoms with Crippen LogP contribution in [0.2, 0.25) is 0 Å². The molecular formula is C21H21FN3O5P. The molecule has 2 aromatic rings. The second-order valence-electron chi connectivity index (χ2n) is 7.05. The predicted octanol–water partition coefficient (Wildman–Crippen LogP) is 3.10. The highest BCUT2D eigenvalue weighted by atomic mass is 31.1. The molecule has 2 aliphatic rings. The number of hydrogen-bond donors (Lipinski definition) is 1. The number of amides is 3. The van der Waals surface area contributed by atoms with Crippen LogP contribution in [-0.4, -0.2) is 61.6 Å². The topological polar surface area (TPSA) is 88.2 Å². The summed E-state index contributed by atoms with van der Waals surface area (Å²) in [4.78, 5) is 43.2. The van der Waals surface area contributed by atoms with Gasteiger partial charge in [-0.1, -0.05) is 12.1 Å². The minimum atomic E-state index is -0.535. The van der Waals surface area contributed by atoms with Gasteiger partial charge in [-0.15, -0.1) is 13.6 Å². The molecule has 4 rings (SSSR count). The number of carbonyl (C=O) groups excluding carboxylic acids is 3. The Kier molecular flexibility index (Phi) is 6.15. The van der Waals surface area contributed by atoms with Gasteiger partial charge in [-0.2, -0.15) is 0 Å². The molecule has 162 valence electrons. The molecule has 10 heteroatoms. The van der Waals surface area contributed by atoms with Gasteiger partial charge in [0.05, 0.1) is 35.7 Å². The first-order valence-electron chi connectivity index (χ1n) is 9.76. The average Bonchev–Trinajstić information content (AvgIpc) is 3.24. The second-order valence-corrected chi connectivity index (χ2v) is 8.16. The van der Waals surface area contributed by atoms with E-state index in [0.717, 1.165) is 11.2 Å². The first-order valence-corrected chi connectivity index (χ1v) is 11.5. The number of ether oxygens (including phenoxy) is 1. The van der Waals surface area contributed by atoms with E-state index in [1.807, 2.05) is 6.66 Å². The molecule has 0 saturated carbocycles. The van der Waals surface area contributed by atoms with Crippen LogP contribution in [0.5, 0.6) is 0 Å². The van der Waals surface area contributed by atoms with Crippen molar-refractivity contribution in [3.8, 4) is 0 Å². The number of imide groups is 1. The first kappa shape index (κ1) is 21.2. The van der Waals surface area contributed by atoms with Gasteiger partial charge in [0.2, 0.25) is 0 Å². The molecule has 0 spiro atoms. The third kappa shape index (κ3) is 4.24. The fourth-order valence-electron chi connectivity index (χ4n) is 3.49. The molecule has 31 heavy (non-hydrogen) atoms. The molecule has 1 N–H and O–H groups in total. The van der Waals surface area contributed by atoms with Crippen LogP contribution in [0.25, 0.3) is 0 Å². The van der Waals surface area contributed by atoms with Gasteiger partial charge in [0.25, 0.3) is 11.8 Å². The Morgan fingerprint density at radius 1 is 1.16 bits per heavy atom. The largest absolute Gasteiger partial charge is 0.444 e. The van der Waals surface area contributed by atoms with E-state index in [9.17, 15) is 18.8 Å². The summed E-state index contributed by atoms with van der Waals surface area (Å²) in [6, 6.07) is 10.9. The van der Waals surface area contributed by atoms with Crippen LogP contribution in [0.3, 0.4) is 0 Å². The van der Waals surface area contributed by atoms with Crippen molar-refractivity contribution in [3.05, 3.63) is 59.4 Å². The molecule has 1 saturated heterocycles. The molecule has 1 fully saturated rings. The van der Waals surface area contributed by atoms with E-state index in [4.69, 9.17) is 9.57 Å². The lowest BCUT2D eigenvalue weighted by Gasteiger charge is -2.16. The number of fused-ring (bicyclic) bond motifs is 1. The number of hydroxylamine groups is 2. The van der Waals surface area contributed by atoms with Crippen molar-refractivity contribution in [2.45, 2.75) is 6.10 Å². The van der Waals surface area contributed by atoms with Crippen molar-refractivity contribution < 1.29 is 28.3 Å². The number of halogens is 1. The number of rotatable bonds is 8. The van der Waals surface area contributed by atoms with E-state index < -0.39 is 23.7 Å². The summed E-state index contributed by atoms with van der Waals surface area (Å²) in [5.74, 6) is -1.57. The molecule has 1 unspecified atom stereocenters. The third-order valence-electron chi connectivity index (χ3n) is 4.96. The van der Waals surface area contributed by atoms with Crippen molar-refractivity contribution in [2.75, 3.05) is 42.7 Å². The molecule has 0 radical (unpaired) electrons. The molecule has 0 aliphatic carbocycles. The van der Waals surface area contributed by atoms with E-state index in [2.05, 4.69) is 5.32 Å². The summed E-state index contributed by atoms with van der Waals surface area (Å²) in [7, 11) is 0.668. The standard InChI is InChI=1S/C21H21FN3O5P/c1-31-12-14-11-24(21(28)30-14)13-6-7-18(17(22)10-13)23-8-9-29-25-19(26)15-4-2-3-5-16(15)20(25)27/h2-7,10,14,23,31H,8-9,11-12H2,1H3/t14-/m1/s1. The lowest BCUT2D eigenvalue weighted by molar-refractivity contribution is -0.0874. The number of nitrogens with zero attached hydrogens (tertiary/aromatic N) is 2. The maximum absolute atomic E-state index is 14.5. The fourth-order valence-corrected chi connectivity index (χ4v) is 4.16. The molecule has 2 atom stereocenters. The number of benzene rings is 2. The summed E-state index contributed by atoms with van der Waals surface area (Å²) < 4.78 is 19.8. The van der Waals surface area contributed by atoms with Crippen molar-refractivity contribution in [1.29, 1.82) is 0 Å². The summed E-state index contributed by atoms with van der Waals surface area (Å²) in [6.07, 6.45) is 0.144. The van der Waals surface area contributed by atoms with Crippen LogP contribution in [0.1, 0.15) is 20.7 Å². The molecular weight excluding hydrogens is 424 g/mol. The molecule has 0 aromatic heterocycles. The van der Waals surface area contributed by atoms with Gasteiger partial charge in [0.1, 0.15) is 11.9 Å². The zero-order valence-corrected chi connectivity index (χ0v) is 17.8. The number of carbonyl (C=O) groups is 3. The van der Waals surface area contributed by atoms with Gasteiger partial charge in [-0.3, -0.25) is 19.3 Å². The summed E-state index contributed by atoms with van der Waals surface area (Å²) >= 11 is 0. The van der Waals surface area contributed by atoms with Crippen molar-refractivity contribution in [2.24, 2.45) is 0 Å². The van der Waals surface area contributed by atoms with E-state index in [0.29, 0.717) is 31.9 Å². The minimum Gasteiger partial charge on any atom is -0.444 e. The minimum absolute atomic E-state index is 0.0232. The highest BCUT2D eigenvalue weighted by Crippen LogP contribution is 2.27. The van der Waals surface area contributed by atoms with Gasteiger partial charge in [-0.05, 0) is 37.0 Å². The zero-order valence-electron chi connectivity index (χ0n) is 16.8. The van der Waals surface area contributed by atoms with Crippen LogP contribution in [0.4, 0.5) is 20.6 Å². The highest BCUT2D eigenvalue weighted by Gasteiger charge is 2.36. The maximum Gasteiger partial charge on any atom is 0.414 e. The third-order valence-corrected chi connectivity index (χ3v) is 5.83. The predicted molar refractivity (Wildman–Crippen MR) is 115 cm³/mol. The number of cyclic esters (lactones) is 1. The smallest absolute Gasteiger partial charge is 0.414 e. The van der Waals surface area contributed by atoms with Gasteiger partial charge in [-0.25, -0.2) is 9.18 Å². The van der Waals surface area contributed by atoms with Gasteiger partial charge < -0.3 is 10.1 Å². The SMILES string of the molecule is CPC[C@H]1CN(c2ccc(NCCON3C(=O)c4ccccc4C3=O)c(F)c2)C(=O)O1. The Morgan fingerprint density at radius 3 is 2.52 bits per heavy atom. The van der Waals surface area contributed by atoms with Crippen LogP contribution in [0.15, 0.2) is 42.5 Å². The van der Waals surface area contributed by atoms with Crippen molar-refractivity contribution in [1.82, 2.24) is 5.06 Å². The Balaban J connectivity index is 1.31. The lowest BCUT2D eigenvalue weighted by Crippen LogP contribution is -2.31. The van der Waals surface area contributed by atoms with E-state index in [-0.39, 0.29) is 24.9 Å². The normalized spacial score (nSPS) is 18.3. The van der Waals surface area contributed by atoms with Crippen molar-refractivity contribution in [3.63, 3.8) is 0 Å². The van der Waals surface area contributed by atoms with Gasteiger partial charge >= 0.3 is 6.09 Å². The van der Waals surface area contributed by atoms with Crippen LogP contribution < -0.4 is 10.2 Å². The molecule has 2 heterocycles. The molecule has 3 amide bonds. The molecule has 0 bridgehead atoms. The van der Waals surface area contributed by atoms with Crippen LogP contribution >= 0.6 is 8.58 Å².